The van der Waals surface area contributed by atoms with Crippen molar-refractivity contribution in [3.05, 3.63) is 65.7 Å². The third-order valence-electron chi connectivity index (χ3n) is 3.08. The Balaban J connectivity index is 2.02. The lowest BCUT2D eigenvalue weighted by Crippen LogP contribution is -1.92. The van der Waals surface area contributed by atoms with E-state index in [1.54, 1.807) is 0 Å². The molecule has 0 amide bonds. The van der Waals surface area contributed by atoms with Gasteiger partial charge in [0.15, 0.2) is 0 Å². The maximum Gasteiger partial charge on any atom is 0.0516 e. The molecule has 0 saturated carbocycles. The Morgan fingerprint density at radius 1 is 0.947 bits per heavy atom. The molecule has 0 N–H and O–H groups in total. The molecule has 0 heterocycles. The molecule has 0 aliphatic heterocycles. The second kappa shape index (κ2) is 7.66. The first-order chi connectivity index (χ1) is 9.31. The molecule has 2 rings (SSSR count). The molecule has 2 aromatic carbocycles. The zero-order valence-electron chi connectivity index (χ0n) is 11.3. The average Bonchev–Trinajstić information content (AvgIpc) is 2.48. The number of thioether (sulfide) groups is 1. The van der Waals surface area contributed by atoms with Gasteiger partial charge in [-0.25, -0.2) is 0 Å². The summed E-state index contributed by atoms with van der Waals surface area (Å²) in [7, 11) is 0. The topological polar surface area (TPSA) is 0 Å². The first-order valence-corrected chi connectivity index (χ1v) is 8.27. The molecule has 0 aliphatic rings. The van der Waals surface area contributed by atoms with E-state index in [4.69, 9.17) is 12.6 Å². The Kier molecular flexibility index (Phi) is 5.87. The van der Waals surface area contributed by atoms with Crippen LogP contribution in [0.15, 0.2) is 59.5 Å². The maximum atomic E-state index is 4.72. The van der Waals surface area contributed by atoms with Crippen molar-refractivity contribution in [3.8, 4) is 0 Å². The maximum absolute atomic E-state index is 4.72. The molecule has 0 saturated heterocycles. The predicted octanol–water partition coefficient (Wildman–Crippen LogP) is 5.60. The van der Waals surface area contributed by atoms with Crippen molar-refractivity contribution < 1.29 is 0 Å². The summed E-state index contributed by atoms with van der Waals surface area (Å²) in [5, 5.41) is 0.163. The van der Waals surface area contributed by atoms with Crippen LogP contribution in [0.3, 0.4) is 0 Å². The highest BCUT2D eigenvalue weighted by atomic mass is 32.2. The summed E-state index contributed by atoms with van der Waals surface area (Å²) in [4.78, 5) is 1.35. The molecule has 100 valence electrons. The van der Waals surface area contributed by atoms with Gasteiger partial charge >= 0.3 is 0 Å². The number of hydrogen-bond acceptors (Lipinski definition) is 2. The highest BCUT2D eigenvalue weighted by Gasteiger charge is 2.08. The number of unbranched alkanes of at least 4 members (excludes halogenated alkanes) is 1. The quantitative estimate of drug-likeness (QED) is 0.410. The summed E-state index contributed by atoms with van der Waals surface area (Å²) in [6.07, 6.45) is 2.55. The van der Waals surface area contributed by atoms with E-state index in [1.807, 2.05) is 17.8 Å². The van der Waals surface area contributed by atoms with Gasteiger partial charge < -0.3 is 0 Å². The molecule has 0 aliphatic carbocycles. The van der Waals surface area contributed by atoms with Crippen LogP contribution < -0.4 is 0 Å². The molecule has 0 radical (unpaired) electrons. The van der Waals surface area contributed by atoms with Crippen LogP contribution in [-0.4, -0.2) is 5.75 Å². The van der Waals surface area contributed by atoms with Crippen molar-refractivity contribution in [1.29, 1.82) is 0 Å². The lowest BCUT2D eigenvalue weighted by Gasteiger charge is -2.12. The summed E-state index contributed by atoms with van der Waals surface area (Å²) in [6, 6.07) is 19.2. The molecule has 0 spiro atoms. The second-order valence-electron chi connectivity index (χ2n) is 4.58. The predicted molar refractivity (Wildman–Crippen MR) is 89.3 cm³/mol. The molecule has 0 nitrogen and oxygen atoms in total. The van der Waals surface area contributed by atoms with Gasteiger partial charge in [0.25, 0.3) is 0 Å². The van der Waals surface area contributed by atoms with E-state index in [-0.39, 0.29) is 5.25 Å². The van der Waals surface area contributed by atoms with Crippen molar-refractivity contribution in [2.45, 2.75) is 29.9 Å². The molecular formula is C17H20S2. The van der Waals surface area contributed by atoms with Gasteiger partial charge in [0.2, 0.25) is 0 Å². The summed E-state index contributed by atoms with van der Waals surface area (Å²) < 4.78 is 0. The second-order valence-corrected chi connectivity index (χ2v) is 6.27. The van der Waals surface area contributed by atoms with Crippen molar-refractivity contribution in [3.63, 3.8) is 0 Å². The van der Waals surface area contributed by atoms with Crippen LogP contribution in [0, 0.1) is 0 Å². The lowest BCUT2D eigenvalue weighted by atomic mass is 10.0. The third-order valence-corrected chi connectivity index (χ3v) is 4.77. The lowest BCUT2D eigenvalue weighted by molar-refractivity contribution is 0.896. The van der Waals surface area contributed by atoms with Crippen LogP contribution in [0.5, 0.6) is 0 Å². The molecule has 19 heavy (non-hydrogen) atoms. The number of benzene rings is 2. The largest absolute Gasteiger partial charge is 0.166 e. The van der Waals surface area contributed by atoms with E-state index in [1.165, 1.54) is 34.6 Å². The fourth-order valence-electron chi connectivity index (χ4n) is 1.91. The Morgan fingerprint density at radius 2 is 1.58 bits per heavy atom. The average molecular weight is 288 g/mol. The molecule has 1 atom stereocenters. The highest BCUT2D eigenvalue weighted by molar-refractivity contribution is 7.99. The Labute approximate surface area is 126 Å². The molecule has 0 bridgehead atoms. The number of hydrogen-bond donors (Lipinski definition) is 1. The van der Waals surface area contributed by atoms with Gasteiger partial charge in [-0.05, 0) is 35.4 Å². The number of rotatable bonds is 6. The van der Waals surface area contributed by atoms with Crippen LogP contribution >= 0.6 is 24.4 Å². The Hall–Kier alpha value is -0.860. The normalized spacial score (nSPS) is 12.3. The fourth-order valence-corrected chi connectivity index (χ4v) is 3.25. The molecule has 0 aromatic heterocycles. The zero-order valence-corrected chi connectivity index (χ0v) is 13.0. The van der Waals surface area contributed by atoms with Crippen LogP contribution in [0.1, 0.15) is 36.1 Å². The first-order valence-electron chi connectivity index (χ1n) is 6.77. The first kappa shape index (κ1) is 14.5. The minimum absolute atomic E-state index is 0.163. The van der Waals surface area contributed by atoms with Gasteiger partial charge in [-0.15, -0.1) is 11.8 Å². The number of thiol groups is 1. The van der Waals surface area contributed by atoms with E-state index < -0.39 is 0 Å². The Morgan fingerprint density at radius 3 is 2.21 bits per heavy atom. The van der Waals surface area contributed by atoms with E-state index in [0.717, 1.165) is 0 Å². The van der Waals surface area contributed by atoms with Crippen LogP contribution in [-0.2, 0) is 0 Å². The summed E-state index contributed by atoms with van der Waals surface area (Å²) in [5.41, 5.74) is 2.51. The van der Waals surface area contributed by atoms with Crippen molar-refractivity contribution in [1.82, 2.24) is 0 Å². The standard InChI is InChI=1S/C17H20S2/c1-2-3-13-19-16-11-9-15(10-12-16)17(18)14-7-5-4-6-8-14/h4-12,17-18H,2-3,13H2,1H3. The smallest absolute Gasteiger partial charge is 0.0516 e. The van der Waals surface area contributed by atoms with Gasteiger partial charge in [0, 0.05) is 4.90 Å². The zero-order chi connectivity index (χ0) is 13.5. The third kappa shape index (κ3) is 4.32. The highest BCUT2D eigenvalue weighted by Crippen LogP contribution is 2.29. The van der Waals surface area contributed by atoms with Crippen LogP contribution in [0.25, 0.3) is 0 Å². The monoisotopic (exact) mass is 288 g/mol. The van der Waals surface area contributed by atoms with E-state index in [9.17, 15) is 0 Å². The van der Waals surface area contributed by atoms with Gasteiger partial charge in [-0.3, -0.25) is 0 Å². The van der Waals surface area contributed by atoms with Crippen LogP contribution in [0.2, 0.25) is 0 Å². The van der Waals surface area contributed by atoms with Gasteiger partial charge in [-0.2, -0.15) is 12.6 Å². The summed E-state index contributed by atoms with van der Waals surface area (Å²) in [6.45, 7) is 2.23. The minimum Gasteiger partial charge on any atom is -0.166 e. The summed E-state index contributed by atoms with van der Waals surface area (Å²) in [5.74, 6) is 1.21. The summed E-state index contributed by atoms with van der Waals surface area (Å²) >= 11 is 6.66. The van der Waals surface area contributed by atoms with E-state index in [2.05, 4.69) is 55.5 Å². The molecular weight excluding hydrogens is 268 g/mol. The Bertz CT molecular complexity index is 476. The molecule has 0 fully saturated rings. The van der Waals surface area contributed by atoms with E-state index >= 15 is 0 Å². The van der Waals surface area contributed by atoms with Gasteiger partial charge in [0.1, 0.15) is 0 Å². The van der Waals surface area contributed by atoms with Crippen molar-refractivity contribution in [2.24, 2.45) is 0 Å². The minimum atomic E-state index is 0.163. The molecule has 2 aromatic rings. The fraction of sp³-hybridized carbons (Fsp3) is 0.294. The van der Waals surface area contributed by atoms with E-state index in [0.29, 0.717) is 0 Å². The van der Waals surface area contributed by atoms with Crippen LogP contribution in [0.4, 0.5) is 0 Å². The van der Waals surface area contributed by atoms with Crippen molar-refractivity contribution in [2.75, 3.05) is 5.75 Å². The van der Waals surface area contributed by atoms with Crippen molar-refractivity contribution >= 4 is 24.4 Å². The molecule has 2 heteroatoms. The SMILES string of the molecule is CCCCSc1ccc(C(S)c2ccccc2)cc1. The van der Waals surface area contributed by atoms with Gasteiger partial charge in [-0.1, -0.05) is 55.8 Å². The molecule has 1 unspecified atom stereocenters. The van der Waals surface area contributed by atoms with Gasteiger partial charge in [0.05, 0.1) is 5.25 Å².